The summed E-state index contributed by atoms with van der Waals surface area (Å²) in [5.41, 5.74) is 0.776. The van der Waals surface area contributed by atoms with E-state index >= 15 is 0 Å². The van der Waals surface area contributed by atoms with E-state index in [-0.39, 0.29) is 28.2 Å². The van der Waals surface area contributed by atoms with Gasteiger partial charge in [0.1, 0.15) is 23.3 Å². The lowest BCUT2D eigenvalue weighted by Crippen LogP contribution is -2.05. The van der Waals surface area contributed by atoms with Crippen LogP contribution in [0.25, 0.3) is 22.1 Å². The Morgan fingerprint density at radius 1 is 1.19 bits per heavy atom. The summed E-state index contributed by atoms with van der Waals surface area (Å²) in [7, 11) is 1.41. The van der Waals surface area contributed by atoms with E-state index in [1.807, 2.05) is 0 Å². The monoisotopic (exact) mass is 283 g/mol. The van der Waals surface area contributed by atoms with Crippen molar-refractivity contribution in [1.82, 2.24) is 0 Å². The van der Waals surface area contributed by atoms with Crippen LogP contribution in [0, 0.1) is 0 Å². The summed E-state index contributed by atoms with van der Waals surface area (Å²) >= 11 is 0. The molecule has 0 aliphatic rings. The summed E-state index contributed by atoms with van der Waals surface area (Å²) in [6, 6.07) is 8.74. The quantitative estimate of drug-likeness (QED) is 0.780. The molecule has 0 radical (unpaired) electrons. The number of benzene rings is 2. The number of rotatable bonds is 2. The third-order valence-electron chi connectivity index (χ3n) is 3.23. The molecule has 1 heterocycles. The van der Waals surface area contributed by atoms with Gasteiger partial charge in [-0.1, -0.05) is 17.9 Å². The van der Waals surface area contributed by atoms with E-state index in [1.165, 1.54) is 43.7 Å². The van der Waals surface area contributed by atoms with E-state index in [0.717, 1.165) is 0 Å². The van der Waals surface area contributed by atoms with Gasteiger partial charge in [-0.3, -0.25) is 4.79 Å². The van der Waals surface area contributed by atoms with Gasteiger partial charge >= 0.3 is 0 Å². The maximum absolute atomic E-state index is 12.4. The van der Waals surface area contributed by atoms with Crippen molar-refractivity contribution in [3.05, 3.63) is 52.9 Å². The van der Waals surface area contributed by atoms with Gasteiger partial charge in [0.25, 0.3) is 0 Å². The third-order valence-corrected chi connectivity index (χ3v) is 3.23. The van der Waals surface area contributed by atoms with Gasteiger partial charge < -0.3 is 19.4 Å². The number of aromatic hydroxyl groups is 1. The van der Waals surface area contributed by atoms with Crippen molar-refractivity contribution < 1.29 is 19.4 Å². The molecule has 0 bridgehead atoms. The van der Waals surface area contributed by atoms with Gasteiger partial charge in [-0.2, -0.15) is 0 Å². The summed E-state index contributed by atoms with van der Waals surface area (Å²) in [6.45, 7) is 0. The van der Waals surface area contributed by atoms with Crippen LogP contribution in [0.3, 0.4) is 0 Å². The molecular formula is C16H11O5-. The minimum absolute atomic E-state index is 0.0182. The largest absolute Gasteiger partial charge is 0.870 e. The molecule has 0 aliphatic heterocycles. The molecule has 2 aromatic carbocycles. The lowest BCUT2D eigenvalue weighted by atomic mass is 10.0. The number of hydrogen-bond donors (Lipinski definition) is 1. The van der Waals surface area contributed by atoms with Gasteiger partial charge in [-0.15, -0.1) is 0 Å². The summed E-state index contributed by atoms with van der Waals surface area (Å²) in [4.78, 5) is 12.4. The van der Waals surface area contributed by atoms with Crippen molar-refractivity contribution in [3.8, 4) is 28.4 Å². The highest BCUT2D eigenvalue weighted by atomic mass is 16.5. The van der Waals surface area contributed by atoms with Crippen molar-refractivity contribution in [1.29, 1.82) is 0 Å². The fourth-order valence-corrected chi connectivity index (χ4v) is 2.16. The molecule has 0 saturated heterocycles. The summed E-state index contributed by atoms with van der Waals surface area (Å²) in [5, 5.41) is 21.5. The number of fused-ring (bicyclic) bond motifs is 1. The molecule has 1 N–H and O–H groups in total. The van der Waals surface area contributed by atoms with Crippen LogP contribution in [0.5, 0.6) is 17.2 Å². The van der Waals surface area contributed by atoms with E-state index < -0.39 is 0 Å². The first kappa shape index (κ1) is 13.1. The number of methoxy groups -OCH3 is 1. The van der Waals surface area contributed by atoms with Crippen molar-refractivity contribution in [2.24, 2.45) is 0 Å². The molecule has 106 valence electrons. The summed E-state index contributed by atoms with van der Waals surface area (Å²) in [6.07, 6.45) is 1.28. The first-order chi connectivity index (χ1) is 10.1. The third kappa shape index (κ3) is 2.18. The highest BCUT2D eigenvalue weighted by Crippen LogP contribution is 2.29. The Labute approximate surface area is 119 Å². The van der Waals surface area contributed by atoms with Crippen LogP contribution in [0.15, 0.2) is 51.9 Å². The van der Waals surface area contributed by atoms with Crippen molar-refractivity contribution in [2.45, 2.75) is 0 Å². The first-order valence-corrected chi connectivity index (χ1v) is 6.20. The standard InChI is InChI=1S/C16H12O5/c1-20-14-5-2-9(6-13(14)18)12-8-21-15-7-10(17)3-4-11(15)16(12)19/h2-8,17-18H,1H3/p-1. The lowest BCUT2D eigenvalue weighted by molar-refractivity contribution is -0.270. The molecule has 3 aromatic rings. The summed E-state index contributed by atoms with van der Waals surface area (Å²) in [5.74, 6) is -0.0706. The number of ether oxygens (including phenoxy) is 1. The average Bonchev–Trinajstić information content (AvgIpc) is 2.47. The van der Waals surface area contributed by atoms with Gasteiger partial charge in [0.05, 0.1) is 18.1 Å². The Morgan fingerprint density at radius 3 is 2.71 bits per heavy atom. The molecule has 0 fully saturated rings. The Kier molecular flexibility index (Phi) is 3.02. The molecule has 0 saturated carbocycles. The highest BCUT2D eigenvalue weighted by Gasteiger charge is 2.10. The van der Waals surface area contributed by atoms with Gasteiger partial charge in [0.15, 0.2) is 5.43 Å². The second kappa shape index (κ2) is 4.86. The molecule has 0 spiro atoms. The van der Waals surface area contributed by atoms with Crippen LogP contribution in [-0.2, 0) is 0 Å². The van der Waals surface area contributed by atoms with Crippen LogP contribution in [-0.4, -0.2) is 12.2 Å². The Balaban J connectivity index is 2.21. The smallest absolute Gasteiger partial charge is 0.200 e. The van der Waals surface area contributed by atoms with Crippen molar-refractivity contribution in [2.75, 3.05) is 7.11 Å². The predicted molar refractivity (Wildman–Crippen MR) is 75.6 cm³/mol. The van der Waals surface area contributed by atoms with Crippen LogP contribution in [0.2, 0.25) is 0 Å². The van der Waals surface area contributed by atoms with Gasteiger partial charge in [-0.05, 0) is 23.8 Å². The maximum Gasteiger partial charge on any atom is 0.200 e. The SMILES string of the molecule is COc1ccc(-c2coc3cc(O)ccc3c2=O)cc1[O-]. The fourth-order valence-electron chi connectivity index (χ4n) is 2.16. The Hall–Kier alpha value is -2.95. The van der Waals surface area contributed by atoms with Crippen LogP contribution < -0.4 is 15.3 Å². The molecule has 21 heavy (non-hydrogen) atoms. The molecule has 1 aromatic heterocycles. The average molecular weight is 283 g/mol. The van der Waals surface area contributed by atoms with Gasteiger partial charge in [0, 0.05) is 6.07 Å². The van der Waals surface area contributed by atoms with Crippen LogP contribution >= 0.6 is 0 Å². The zero-order chi connectivity index (χ0) is 15.0. The second-order valence-electron chi connectivity index (χ2n) is 4.52. The molecule has 3 rings (SSSR count). The molecule has 5 heteroatoms. The molecule has 0 atom stereocenters. The normalized spacial score (nSPS) is 10.7. The predicted octanol–water partition coefficient (Wildman–Crippen LogP) is 2.25. The topological polar surface area (TPSA) is 82.7 Å². The van der Waals surface area contributed by atoms with Gasteiger partial charge in [0.2, 0.25) is 0 Å². The van der Waals surface area contributed by atoms with Gasteiger partial charge in [-0.25, -0.2) is 0 Å². The maximum atomic E-state index is 12.4. The van der Waals surface area contributed by atoms with E-state index in [2.05, 4.69) is 0 Å². The number of hydrogen-bond acceptors (Lipinski definition) is 5. The zero-order valence-corrected chi connectivity index (χ0v) is 11.1. The minimum Gasteiger partial charge on any atom is -0.870 e. The van der Waals surface area contributed by atoms with E-state index in [9.17, 15) is 15.0 Å². The van der Waals surface area contributed by atoms with Crippen LogP contribution in [0.4, 0.5) is 0 Å². The number of phenols is 1. The van der Waals surface area contributed by atoms with E-state index in [0.29, 0.717) is 16.5 Å². The molecular weight excluding hydrogens is 272 g/mol. The fraction of sp³-hybridized carbons (Fsp3) is 0.0625. The second-order valence-corrected chi connectivity index (χ2v) is 4.52. The van der Waals surface area contributed by atoms with Crippen LogP contribution in [0.1, 0.15) is 0 Å². The lowest BCUT2D eigenvalue weighted by Gasteiger charge is -2.13. The van der Waals surface area contributed by atoms with Crippen molar-refractivity contribution in [3.63, 3.8) is 0 Å². The number of phenolic OH excluding ortho intramolecular Hbond substituents is 1. The summed E-state index contributed by atoms with van der Waals surface area (Å²) < 4.78 is 10.3. The zero-order valence-electron chi connectivity index (χ0n) is 11.1. The molecule has 0 unspecified atom stereocenters. The van der Waals surface area contributed by atoms with Crippen molar-refractivity contribution >= 4 is 11.0 Å². The molecule has 5 nitrogen and oxygen atoms in total. The molecule has 0 aliphatic carbocycles. The Morgan fingerprint density at radius 2 is 2.00 bits per heavy atom. The Bertz CT molecular complexity index is 879. The first-order valence-electron chi connectivity index (χ1n) is 6.20. The van der Waals surface area contributed by atoms with E-state index in [4.69, 9.17) is 9.15 Å². The van der Waals surface area contributed by atoms with E-state index in [1.54, 1.807) is 6.07 Å². The highest BCUT2D eigenvalue weighted by molar-refractivity contribution is 5.82. The molecule has 0 amide bonds. The minimum atomic E-state index is -0.305.